The largest absolute Gasteiger partial charge is 0.465 e. The van der Waals surface area contributed by atoms with E-state index in [-0.39, 0.29) is 5.89 Å². The molecule has 0 saturated carbocycles. The topological polar surface area (TPSA) is 88.2 Å². The molecule has 0 radical (unpaired) electrons. The summed E-state index contributed by atoms with van der Waals surface area (Å²) < 4.78 is 5.92. The molecule has 0 aliphatic heterocycles. The first-order valence-electron chi connectivity index (χ1n) is 5.15. The molecule has 6 nitrogen and oxygen atoms in total. The van der Waals surface area contributed by atoms with E-state index in [1.165, 1.54) is 0 Å². The molecular formula is C11H10BrN3O3. The van der Waals surface area contributed by atoms with Crippen LogP contribution >= 0.6 is 15.9 Å². The first-order chi connectivity index (χ1) is 8.56. The van der Waals surface area contributed by atoms with Crippen molar-refractivity contribution in [1.29, 1.82) is 0 Å². The van der Waals surface area contributed by atoms with Gasteiger partial charge in [-0.2, -0.15) is 4.98 Å². The van der Waals surface area contributed by atoms with E-state index < -0.39 is 12.1 Å². The molecule has 1 aromatic carbocycles. The van der Waals surface area contributed by atoms with Crippen LogP contribution in [-0.4, -0.2) is 21.3 Å². The summed E-state index contributed by atoms with van der Waals surface area (Å²) in [6, 6.07) is 6.89. The van der Waals surface area contributed by atoms with Crippen LogP contribution in [-0.2, 0) is 0 Å². The lowest BCUT2D eigenvalue weighted by atomic mass is 10.2. The lowest BCUT2D eigenvalue weighted by Gasteiger charge is -2.04. The quantitative estimate of drug-likeness (QED) is 0.910. The number of nitrogens with zero attached hydrogens (tertiary/aromatic N) is 2. The third kappa shape index (κ3) is 2.86. The van der Waals surface area contributed by atoms with Crippen molar-refractivity contribution in [2.75, 3.05) is 0 Å². The van der Waals surface area contributed by atoms with Crippen molar-refractivity contribution in [2.24, 2.45) is 0 Å². The molecule has 0 bridgehead atoms. The van der Waals surface area contributed by atoms with Crippen LogP contribution in [0.3, 0.4) is 0 Å². The van der Waals surface area contributed by atoms with Crippen LogP contribution in [0.1, 0.15) is 18.9 Å². The second-order valence-corrected chi connectivity index (χ2v) is 4.55. The van der Waals surface area contributed by atoms with E-state index in [2.05, 4.69) is 31.4 Å². The molecule has 7 heteroatoms. The smallest absolute Gasteiger partial charge is 0.405 e. The number of amides is 1. The van der Waals surface area contributed by atoms with Crippen molar-refractivity contribution in [3.8, 4) is 11.4 Å². The number of hydrogen-bond acceptors (Lipinski definition) is 4. The van der Waals surface area contributed by atoms with Crippen molar-refractivity contribution in [2.45, 2.75) is 13.0 Å². The average Bonchev–Trinajstić information content (AvgIpc) is 2.77. The van der Waals surface area contributed by atoms with E-state index in [9.17, 15) is 4.79 Å². The first kappa shape index (κ1) is 12.6. The summed E-state index contributed by atoms with van der Waals surface area (Å²) in [6.45, 7) is 1.63. The fourth-order valence-corrected chi connectivity index (χ4v) is 1.80. The Morgan fingerprint density at radius 1 is 1.56 bits per heavy atom. The Kier molecular flexibility index (Phi) is 3.61. The SMILES string of the molecule is CC(NC(=O)O)c1nc(-c2cccc(Br)c2)no1. The Balaban J connectivity index is 2.22. The maximum absolute atomic E-state index is 10.5. The van der Waals surface area contributed by atoms with E-state index in [0.29, 0.717) is 5.82 Å². The summed E-state index contributed by atoms with van der Waals surface area (Å²) in [4.78, 5) is 14.6. The molecular weight excluding hydrogens is 302 g/mol. The second-order valence-electron chi connectivity index (χ2n) is 3.64. The lowest BCUT2D eigenvalue weighted by Crippen LogP contribution is -2.24. The van der Waals surface area contributed by atoms with Gasteiger partial charge in [0.1, 0.15) is 6.04 Å². The minimum Gasteiger partial charge on any atom is -0.465 e. The predicted molar refractivity (Wildman–Crippen MR) is 67.0 cm³/mol. The zero-order chi connectivity index (χ0) is 13.1. The number of benzene rings is 1. The molecule has 0 aliphatic carbocycles. The molecule has 1 amide bonds. The summed E-state index contributed by atoms with van der Waals surface area (Å²) >= 11 is 3.35. The third-order valence-electron chi connectivity index (χ3n) is 2.23. The minimum absolute atomic E-state index is 0.229. The Hall–Kier alpha value is -1.89. The van der Waals surface area contributed by atoms with Gasteiger partial charge >= 0.3 is 6.09 Å². The highest BCUT2D eigenvalue weighted by atomic mass is 79.9. The molecule has 2 N–H and O–H groups in total. The van der Waals surface area contributed by atoms with Gasteiger partial charge in [0.25, 0.3) is 0 Å². The molecule has 1 heterocycles. The fraction of sp³-hybridized carbons (Fsp3) is 0.182. The monoisotopic (exact) mass is 311 g/mol. The van der Waals surface area contributed by atoms with Crippen molar-refractivity contribution in [3.63, 3.8) is 0 Å². The molecule has 1 aromatic heterocycles. The third-order valence-corrected chi connectivity index (χ3v) is 2.73. The van der Waals surface area contributed by atoms with Crippen molar-refractivity contribution in [1.82, 2.24) is 15.5 Å². The number of carbonyl (C=O) groups is 1. The van der Waals surface area contributed by atoms with Gasteiger partial charge in [-0.1, -0.05) is 33.2 Å². The summed E-state index contributed by atoms with van der Waals surface area (Å²) in [5, 5.41) is 14.7. The molecule has 2 rings (SSSR count). The van der Waals surface area contributed by atoms with E-state index >= 15 is 0 Å². The molecule has 1 atom stereocenters. The Morgan fingerprint density at radius 2 is 2.33 bits per heavy atom. The van der Waals surface area contributed by atoms with Gasteiger partial charge in [0.15, 0.2) is 0 Å². The highest BCUT2D eigenvalue weighted by Crippen LogP contribution is 2.21. The highest BCUT2D eigenvalue weighted by molar-refractivity contribution is 9.10. The molecule has 2 aromatic rings. The molecule has 0 spiro atoms. The van der Waals surface area contributed by atoms with Gasteiger partial charge in [-0.25, -0.2) is 4.79 Å². The fourth-order valence-electron chi connectivity index (χ4n) is 1.40. The van der Waals surface area contributed by atoms with Gasteiger partial charge in [0.05, 0.1) is 0 Å². The highest BCUT2D eigenvalue weighted by Gasteiger charge is 2.16. The zero-order valence-corrected chi connectivity index (χ0v) is 11.0. The van der Waals surface area contributed by atoms with Gasteiger partial charge < -0.3 is 14.9 Å². The number of nitrogens with one attached hydrogen (secondary N) is 1. The van der Waals surface area contributed by atoms with Gasteiger partial charge in [0.2, 0.25) is 11.7 Å². The van der Waals surface area contributed by atoms with Gasteiger partial charge in [-0.05, 0) is 19.1 Å². The molecule has 0 aliphatic rings. The van der Waals surface area contributed by atoms with E-state index in [1.807, 2.05) is 24.3 Å². The molecule has 18 heavy (non-hydrogen) atoms. The average molecular weight is 312 g/mol. The van der Waals surface area contributed by atoms with E-state index in [1.54, 1.807) is 6.92 Å². The summed E-state index contributed by atoms with van der Waals surface area (Å²) in [5.41, 5.74) is 0.793. The van der Waals surface area contributed by atoms with Crippen LogP contribution in [0.2, 0.25) is 0 Å². The van der Waals surface area contributed by atoms with E-state index in [0.717, 1.165) is 10.0 Å². The molecule has 0 fully saturated rings. The zero-order valence-electron chi connectivity index (χ0n) is 9.42. The van der Waals surface area contributed by atoms with Gasteiger partial charge in [-0.3, -0.25) is 0 Å². The van der Waals surface area contributed by atoms with Crippen molar-refractivity contribution in [3.05, 3.63) is 34.6 Å². The maximum atomic E-state index is 10.5. The van der Waals surface area contributed by atoms with Crippen LogP contribution in [0.25, 0.3) is 11.4 Å². The predicted octanol–water partition coefficient (Wildman–Crippen LogP) is 2.83. The van der Waals surface area contributed by atoms with Crippen LogP contribution in [0.5, 0.6) is 0 Å². The summed E-state index contributed by atoms with van der Waals surface area (Å²) in [7, 11) is 0. The Morgan fingerprint density at radius 3 is 3.00 bits per heavy atom. The molecule has 94 valence electrons. The van der Waals surface area contributed by atoms with Crippen molar-refractivity contribution >= 4 is 22.0 Å². The molecule has 1 unspecified atom stereocenters. The maximum Gasteiger partial charge on any atom is 0.405 e. The lowest BCUT2D eigenvalue weighted by molar-refractivity contribution is 0.187. The Bertz CT molecular complexity index is 570. The number of halogens is 1. The summed E-state index contributed by atoms with van der Waals surface area (Å²) in [5.74, 6) is 0.651. The minimum atomic E-state index is -1.13. The van der Waals surface area contributed by atoms with Gasteiger partial charge in [0, 0.05) is 10.0 Å². The van der Waals surface area contributed by atoms with Crippen LogP contribution < -0.4 is 5.32 Å². The van der Waals surface area contributed by atoms with E-state index in [4.69, 9.17) is 9.63 Å². The number of carboxylic acid groups (broad SMARTS) is 1. The number of hydrogen-bond donors (Lipinski definition) is 2. The van der Waals surface area contributed by atoms with Crippen LogP contribution in [0, 0.1) is 0 Å². The van der Waals surface area contributed by atoms with Gasteiger partial charge in [-0.15, -0.1) is 0 Å². The van der Waals surface area contributed by atoms with Crippen LogP contribution in [0.4, 0.5) is 4.79 Å². The standard InChI is InChI=1S/C11H10BrN3O3/c1-6(13-11(16)17)10-14-9(15-18-10)7-3-2-4-8(12)5-7/h2-6,13H,1H3,(H,16,17). The number of rotatable bonds is 3. The second kappa shape index (κ2) is 5.18. The van der Waals surface area contributed by atoms with Crippen molar-refractivity contribution < 1.29 is 14.4 Å². The first-order valence-corrected chi connectivity index (χ1v) is 5.94. The normalized spacial score (nSPS) is 12.1. The Labute approximate surface area is 111 Å². The molecule has 0 saturated heterocycles. The number of aromatic nitrogens is 2. The summed E-state index contributed by atoms with van der Waals surface area (Å²) in [6.07, 6.45) is -1.13. The van der Waals surface area contributed by atoms with Crippen LogP contribution in [0.15, 0.2) is 33.3 Å².